The first kappa shape index (κ1) is 22.9. The van der Waals surface area contributed by atoms with Gasteiger partial charge in [0.25, 0.3) is 5.91 Å². The number of rotatable bonds is 8. The van der Waals surface area contributed by atoms with Crippen LogP contribution in [0.5, 0.6) is 5.75 Å². The van der Waals surface area contributed by atoms with Gasteiger partial charge in [0.1, 0.15) is 5.75 Å². The molecule has 156 valence electrons. The monoisotopic (exact) mass is 483 g/mol. The van der Waals surface area contributed by atoms with Gasteiger partial charge in [-0.2, -0.15) is 0 Å². The molecule has 2 amide bonds. The number of ether oxygens (including phenoxy) is 1. The molecular weight excluding hydrogens is 462 g/mol. The Bertz CT molecular complexity index is 978. The van der Waals surface area contributed by atoms with Gasteiger partial charge in [0.15, 0.2) is 6.61 Å². The van der Waals surface area contributed by atoms with Crippen molar-refractivity contribution in [2.75, 3.05) is 13.2 Å². The predicted molar refractivity (Wildman–Crippen MR) is 112 cm³/mol. The average molecular weight is 484 g/mol. The molecule has 10 heteroatoms. The number of halogens is 1. The molecule has 0 bridgehead atoms. The number of aryl methyl sites for hydroxylation is 2. The highest BCUT2D eigenvalue weighted by molar-refractivity contribution is 9.10. The van der Waals surface area contributed by atoms with Crippen molar-refractivity contribution in [3.05, 3.63) is 58.1 Å². The van der Waals surface area contributed by atoms with Crippen LogP contribution in [0.15, 0.2) is 51.8 Å². The fourth-order valence-electron chi connectivity index (χ4n) is 2.19. The molecule has 0 aliphatic heterocycles. The van der Waals surface area contributed by atoms with Crippen LogP contribution in [-0.4, -0.2) is 33.4 Å². The lowest BCUT2D eigenvalue weighted by Gasteiger charge is -2.10. The largest absolute Gasteiger partial charge is 0.484 e. The lowest BCUT2D eigenvalue weighted by Crippen LogP contribution is -2.44. The molecule has 3 N–H and O–H groups in total. The Balaban J connectivity index is 1.69. The Morgan fingerprint density at radius 2 is 1.62 bits per heavy atom. The van der Waals surface area contributed by atoms with E-state index >= 15 is 0 Å². The Hall–Kier alpha value is -2.43. The molecule has 0 radical (unpaired) electrons. The smallest absolute Gasteiger partial charge is 0.276 e. The maximum Gasteiger partial charge on any atom is 0.276 e. The molecule has 2 aromatic carbocycles. The summed E-state index contributed by atoms with van der Waals surface area (Å²) in [6.45, 7) is 3.53. The normalized spacial score (nSPS) is 11.0. The van der Waals surface area contributed by atoms with E-state index in [1.54, 1.807) is 18.2 Å². The number of hydrogen-bond donors (Lipinski definition) is 3. The van der Waals surface area contributed by atoms with Crippen molar-refractivity contribution in [2.45, 2.75) is 25.2 Å². The SMILES string of the molecule is Cc1ccc(OCC(=O)NNC(=O)CCNS(=O)(=O)c2ccc(Br)cc2)cc1C. The molecule has 0 aliphatic rings. The quantitative estimate of drug-likeness (QED) is 0.496. The van der Waals surface area contributed by atoms with Crippen molar-refractivity contribution in [2.24, 2.45) is 0 Å². The second kappa shape index (κ2) is 10.4. The first-order valence-electron chi connectivity index (χ1n) is 8.70. The van der Waals surface area contributed by atoms with Crippen molar-refractivity contribution in [1.82, 2.24) is 15.6 Å². The van der Waals surface area contributed by atoms with Gasteiger partial charge in [0.2, 0.25) is 15.9 Å². The van der Waals surface area contributed by atoms with E-state index in [1.807, 2.05) is 26.0 Å². The summed E-state index contributed by atoms with van der Waals surface area (Å²) in [5, 5.41) is 0. The lowest BCUT2D eigenvalue weighted by molar-refractivity contribution is -0.129. The summed E-state index contributed by atoms with van der Waals surface area (Å²) >= 11 is 3.23. The maximum absolute atomic E-state index is 12.1. The van der Waals surface area contributed by atoms with Crippen molar-refractivity contribution in [3.8, 4) is 5.75 Å². The summed E-state index contributed by atoms with van der Waals surface area (Å²) in [6, 6.07) is 11.6. The summed E-state index contributed by atoms with van der Waals surface area (Å²) in [4.78, 5) is 23.6. The standard InChI is InChI=1S/C19H22BrN3O5S/c1-13-3-6-16(11-14(13)2)28-12-19(25)23-22-18(24)9-10-21-29(26,27)17-7-4-15(20)5-8-17/h3-8,11,21H,9-10,12H2,1-2H3,(H,22,24)(H,23,25). The predicted octanol–water partition coefficient (Wildman–Crippen LogP) is 1.96. The Labute approximate surface area is 178 Å². The van der Waals surface area contributed by atoms with Crippen LogP contribution in [0.2, 0.25) is 0 Å². The van der Waals surface area contributed by atoms with E-state index in [4.69, 9.17) is 4.74 Å². The average Bonchev–Trinajstić information content (AvgIpc) is 2.67. The minimum atomic E-state index is -3.71. The summed E-state index contributed by atoms with van der Waals surface area (Å²) in [6.07, 6.45) is -0.145. The van der Waals surface area contributed by atoms with E-state index in [9.17, 15) is 18.0 Å². The van der Waals surface area contributed by atoms with Crippen LogP contribution in [0.25, 0.3) is 0 Å². The third-order valence-electron chi connectivity index (χ3n) is 3.96. The number of hydrazine groups is 1. The summed E-state index contributed by atoms with van der Waals surface area (Å²) < 4.78 is 32.7. The topological polar surface area (TPSA) is 114 Å². The van der Waals surface area contributed by atoms with Crippen molar-refractivity contribution in [1.29, 1.82) is 0 Å². The molecule has 0 aromatic heterocycles. The van der Waals surface area contributed by atoms with Crippen LogP contribution in [0.3, 0.4) is 0 Å². The van der Waals surface area contributed by atoms with Crippen LogP contribution in [0.1, 0.15) is 17.5 Å². The van der Waals surface area contributed by atoms with Crippen LogP contribution < -0.4 is 20.3 Å². The summed E-state index contributed by atoms with van der Waals surface area (Å²) in [5.41, 5.74) is 6.59. The molecule has 0 unspecified atom stereocenters. The van der Waals surface area contributed by atoms with E-state index in [0.29, 0.717) is 5.75 Å². The van der Waals surface area contributed by atoms with Gasteiger partial charge in [-0.05, 0) is 61.4 Å². The van der Waals surface area contributed by atoms with Crippen molar-refractivity contribution >= 4 is 37.8 Å². The maximum atomic E-state index is 12.1. The third kappa shape index (κ3) is 7.48. The van der Waals surface area contributed by atoms with Crippen LogP contribution in [-0.2, 0) is 19.6 Å². The Morgan fingerprint density at radius 3 is 2.28 bits per heavy atom. The molecule has 29 heavy (non-hydrogen) atoms. The second-order valence-electron chi connectivity index (χ2n) is 6.23. The summed E-state index contributed by atoms with van der Waals surface area (Å²) in [5.74, 6) is -0.521. The number of amides is 2. The number of carbonyl (C=O) groups is 2. The van der Waals surface area contributed by atoms with Gasteiger partial charge < -0.3 is 4.74 Å². The molecule has 0 aliphatic carbocycles. The van der Waals surface area contributed by atoms with Gasteiger partial charge in [0, 0.05) is 17.4 Å². The molecule has 8 nitrogen and oxygen atoms in total. The molecule has 2 rings (SSSR count). The van der Waals surface area contributed by atoms with Crippen LogP contribution in [0.4, 0.5) is 0 Å². The highest BCUT2D eigenvalue weighted by Crippen LogP contribution is 2.16. The number of hydrogen-bond acceptors (Lipinski definition) is 5. The fourth-order valence-corrected chi connectivity index (χ4v) is 3.48. The van der Waals surface area contributed by atoms with Gasteiger partial charge in [-0.3, -0.25) is 20.4 Å². The van der Waals surface area contributed by atoms with Crippen molar-refractivity contribution in [3.63, 3.8) is 0 Å². The van der Waals surface area contributed by atoms with E-state index < -0.39 is 21.8 Å². The first-order valence-corrected chi connectivity index (χ1v) is 11.0. The van der Waals surface area contributed by atoms with Crippen LogP contribution >= 0.6 is 15.9 Å². The molecular formula is C19H22BrN3O5S. The van der Waals surface area contributed by atoms with Gasteiger partial charge in [0.05, 0.1) is 4.90 Å². The Kier molecular flexibility index (Phi) is 8.18. The number of benzene rings is 2. The van der Waals surface area contributed by atoms with Gasteiger partial charge in [-0.1, -0.05) is 22.0 Å². The minimum Gasteiger partial charge on any atom is -0.484 e. The molecule has 0 fully saturated rings. The highest BCUT2D eigenvalue weighted by Gasteiger charge is 2.14. The molecule has 0 saturated carbocycles. The lowest BCUT2D eigenvalue weighted by atomic mass is 10.1. The van der Waals surface area contributed by atoms with E-state index in [1.165, 1.54) is 12.1 Å². The molecule has 0 heterocycles. The van der Waals surface area contributed by atoms with E-state index in [2.05, 4.69) is 31.5 Å². The van der Waals surface area contributed by atoms with E-state index in [0.717, 1.165) is 15.6 Å². The molecule has 0 spiro atoms. The van der Waals surface area contributed by atoms with Gasteiger partial charge in [-0.15, -0.1) is 0 Å². The second-order valence-corrected chi connectivity index (χ2v) is 8.92. The molecule has 0 atom stereocenters. The first-order chi connectivity index (χ1) is 13.7. The van der Waals surface area contributed by atoms with Gasteiger partial charge >= 0.3 is 0 Å². The minimum absolute atomic E-state index is 0.0953. The summed E-state index contributed by atoms with van der Waals surface area (Å²) in [7, 11) is -3.71. The van der Waals surface area contributed by atoms with Crippen LogP contribution in [0, 0.1) is 13.8 Å². The molecule has 2 aromatic rings. The third-order valence-corrected chi connectivity index (χ3v) is 5.96. The highest BCUT2D eigenvalue weighted by atomic mass is 79.9. The zero-order valence-electron chi connectivity index (χ0n) is 16.0. The molecule has 0 saturated heterocycles. The number of sulfonamides is 1. The fraction of sp³-hybridized carbons (Fsp3) is 0.263. The Morgan fingerprint density at radius 1 is 0.966 bits per heavy atom. The van der Waals surface area contributed by atoms with E-state index in [-0.39, 0.29) is 24.5 Å². The zero-order valence-corrected chi connectivity index (χ0v) is 18.4. The van der Waals surface area contributed by atoms with Crippen molar-refractivity contribution < 1.29 is 22.7 Å². The number of carbonyl (C=O) groups excluding carboxylic acids is 2. The number of nitrogens with one attached hydrogen (secondary N) is 3. The van der Waals surface area contributed by atoms with Gasteiger partial charge in [-0.25, -0.2) is 13.1 Å². The zero-order chi connectivity index (χ0) is 21.4.